The van der Waals surface area contributed by atoms with Crippen LogP contribution in [0, 0.1) is 13.0 Å². The normalized spacial score (nSPS) is 11.4. The van der Waals surface area contributed by atoms with Crippen LogP contribution < -0.4 is 11.4 Å². The second-order valence-electron chi connectivity index (χ2n) is 12.7. The Bertz CT molecular complexity index is 2870. The summed E-state index contributed by atoms with van der Waals surface area (Å²) in [6, 6.07) is 42.9. The monoisotopic (exact) mass is 954 g/mol. The van der Waals surface area contributed by atoms with Crippen molar-refractivity contribution in [1.29, 1.82) is 0 Å². The average molecular weight is 955 g/mol. The summed E-state index contributed by atoms with van der Waals surface area (Å²) in [7, 11) is 0. The second kappa shape index (κ2) is 15.8. The molecule has 0 bridgehead atoms. The fourth-order valence-corrected chi connectivity index (χ4v) is 8.01. The summed E-state index contributed by atoms with van der Waals surface area (Å²) in [6.45, 7) is 1.92. The van der Waals surface area contributed by atoms with Gasteiger partial charge < -0.3 is 11.4 Å². The van der Waals surface area contributed by atoms with Crippen molar-refractivity contribution in [3.8, 4) is 17.2 Å². The Morgan fingerprint density at radius 2 is 1.07 bits per heavy atom. The van der Waals surface area contributed by atoms with Gasteiger partial charge in [0.05, 0.1) is 0 Å². The number of fused-ring (bicyclic) bond motifs is 9. The van der Waals surface area contributed by atoms with Crippen LogP contribution in [0.25, 0.3) is 60.0 Å². The molecule has 9 nitrogen and oxygen atoms in total. The molecule has 0 N–H and O–H groups in total. The van der Waals surface area contributed by atoms with Gasteiger partial charge in [-0.3, -0.25) is 15.0 Å². The maximum Gasteiger partial charge on any atom is 1.20 e. The molecule has 0 saturated heterocycles. The van der Waals surface area contributed by atoms with E-state index in [1.165, 1.54) is 4.52 Å². The van der Waals surface area contributed by atoms with E-state index in [0.717, 1.165) is 49.0 Å². The Morgan fingerprint density at radius 3 is 1.58 bits per heavy atom. The maximum atomic E-state index is 13.0. The number of alkyl halides is 3. The first-order chi connectivity index (χ1) is 27.3. The molecule has 0 unspecified atom stereocenters. The topological polar surface area (TPSA) is 96.6 Å². The van der Waals surface area contributed by atoms with E-state index in [1.807, 2.05) is 116 Å². The third-order valence-electron chi connectivity index (χ3n) is 9.15. The zero-order valence-corrected chi connectivity index (χ0v) is 33.2. The maximum absolute atomic E-state index is 13.0. The molecule has 0 atom stereocenters. The molecule has 282 valence electrons. The SMILES string of the molecule is Cc1cccc2c1c1ccc[c-]c1n1nc(C(F)(F)F)nc21.[Pt].c1cnc2c([O][Al]([O]c3cccc4cccnc34)[O]c3cccc4cccnc34)cccc2c1. The third-order valence-corrected chi connectivity index (χ3v) is 10.5. The zero-order valence-electron chi connectivity index (χ0n) is 29.8. The quantitative estimate of drug-likeness (QED) is 0.0924. The number of aryl methyl sites for hydroxylation is 1. The second-order valence-corrected chi connectivity index (χ2v) is 14.0. The number of benzene rings is 5. The standard InChI is InChI=1S/C16H9F3N3.3C9H7NO.Al.Pt/c1-9-5-4-7-11-13(9)10-6-2-3-8-12(10)22-14(11)20-15(21-22)16(17,18)19;3*11-8-5-1-3-7-4-2-6-10-9(7)8;;/h2-7H,1H3;3*1-6,11H;;/q-1;;;;+3;/p-3. The number of nitrogens with zero attached hydrogens (tertiary/aromatic N) is 6. The minimum Gasteiger partial charge on any atom is -0.576 e. The Kier molecular flexibility index (Phi) is 10.5. The molecule has 14 heteroatoms. The Balaban J connectivity index is 0.000000171. The molecule has 5 aromatic heterocycles. The summed E-state index contributed by atoms with van der Waals surface area (Å²) in [5, 5.41) is 8.91. The third kappa shape index (κ3) is 7.45. The van der Waals surface area contributed by atoms with Gasteiger partial charge in [-0.1, -0.05) is 83.7 Å². The molecule has 57 heavy (non-hydrogen) atoms. The van der Waals surface area contributed by atoms with Gasteiger partial charge in [0.15, 0.2) is 5.65 Å². The van der Waals surface area contributed by atoms with E-state index < -0.39 is 27.2 Å². The van der Waals surface area contributed by atoms with Crippen molar-refractivity contribution in [3.63, 3.8) is 0 Å². The minimum absolute atomic E-state index is 0. The van der Waals surface area contributed by atoms with Gasteiger partial charge in [0, 0.05) is 61.2 Å². The van der Waals surface area contributed by atoms with Crippen LogP contribution in [0.3, 0.4) is 0 Å². The predicted molar refractivity (Wildman–Crippen MR) is 209 cm³/mol. The van der Waals surface area contributed by atoms with Crippen LogP contribution in [0.2, 0.25) is 0 Å². The van der Waals surface area contributed by atoms with Gasteiger partial charge in [0.25, 0.3) is 5.82 Å². The Labute approximate surface area is 342 Å². The van der Waals surface area contributed by atoms with Crippen LogP contribution in [-0.2, 0) is 27.2 Å². The number of rotatable bonds is 6. The molecule has 0 fully saturated rings. The molecule has 0 aliphatic rings. The van der Waals surface area contributed by atoms with Gasteiger partial charge in [-0.15, -0.1) is 10.5 Å². The number of pyridine rings is 4. The molecule has 0 radical (unpaired) electrons. The van der Waals surface area contributed by atoms with Crippen molar-refractivity contribution in [2.24, 2.45) is 0 Å². The van der Waals surface area contributed by atoms with Crippen molar-refractivity contribution in [2.45, 2.75) is 13.1 Å². The molecular weight excluding hydrogens is 928 g/mol. The minimum atomic E-state index is -4.58. The number of aromatic nitrogens is 6. The molecule has 10 rings (SSSR count). The van der Waals surface area contributed by atoms with E-state index in [1.54, 1.807) is 36.8 Å². The first kappa shape index (κ1) is 37.8. The van der Waals surface area contributed by atoms with Crippen LogP contribution in [0.4, 0.5) is 13.2 Å². The molecule has 0 amide bonds. The summed E-state index contributed by atoms with van der Waals surface area (Å²) in [6.07, 6.45) is 0.660. The van der Waals surface area contributed by atoms with Crippen LogP contribution >= 0.6 is 0 Å². The molecule has 0 aliphatic carbocycles. The number of para-hydroxylation sites is 4. The Hall–Kier alpha value is -6.12. The van der Waals surface area contributed by atoms with Gasteiger partial charge in [0.1, 0.15) is 33.8 Å². The molecule has 0 spiro atoms. The van der Waals surface area contributed by atoms with Crippen molar-refractivity contribution < 1.29 is 45.6 Å². The molecule has 5 aromatic carbocycles. The summed E-state index contributed by atoms with van der Waals surface area (Å²) in [5.41, 5.74) is 3.91. The summed E-state index contributed by atoms with van der Waals surface area (Å²) in [4.78, 5) is 17.2. The zero-order chi connectivity index (χ0) is 38.2. The Morgan fingerprint density at radius 1 is 0.596 bits per heavy atom. The largest absolute Gasteiger partial charge is 1.20 e. The molecule has 10 aromatic rings. The smallest absolute Gasteiger partial charge is 0.576 e. The van der Waals surface area contributed by atoms with Crippen molar-refractivity contribution >= 4 is 75.2 Å². The van der Waals surface area contributed by atoms with E-state index >= 15 is 0 Å². The van der Waals surface area contributed by atoms with Gasteiger partial charge in [-0.25, -0.2) is 9.50 Å². The van der Waals surface area contributed by atoms with E-state index in [0.29, 0.717) is 28.2 Å². The van der Waals surface area contributed by atoms with Gasteiger partial charge in [-0.05, 0) is 48.8 Å². The van der Waals surface area contributed by atoms with Gasteiger partial charge in [0.2, 0.25) is 0 Å². The van der Waals surface area contributed by atoms with E-state index in [-0.39, 0.29) is 26.7 Å². The van der Waals surface area contributed by atoms with Crippen molar-refractivity contribution in [2.75, 3.05) is 0 Å². The van der Waals surface area contributed by atoms with E-state index in [9.17, 15) is 13.2 Å². The number of halogens is 3. The van der Waals surface area contributed by atoms with Crippen molar-refractivity contribution in [3.05, 3.63) is 163 Å². The fourth-order valence-electron chi connectivity index (χ4n) is 6.68. The van der Waals surface area contributed by atoms with Gasteiger partial charge in [-0.2, -0.15) is 37.4 Å². The van der Waals surface area contributed by atoms with Gasteiger partial charge >= 0.3 is 21.3 Å². The van der Waals surface area contributed by atoms with E-state index in [4.69, 9.17) is 11.4 Å². The predicted octanol–water partition coefficient (Wildman–Crippen LogP) is 10.0. The molecule has 0 saturated carbocycles. The summed E-state index contributed by atoms with van der Waals surface area (Å²) >= 11 is -2.86. The van der Waals surface area contributed by atoms with Crippen LogP contribution in [0.15, 0.2) is 146 Å². The van der Waals surface area contributed by atoms with Crippen molar-refractivity contribution in [1.82, 2.24) is 29.5 Å². The first-order valence-corrected chi connectivity index (χ1v) is 18.9. The number of hydrogen-bond donors (Lipinski definition) is 0. The van der Waals surface area contributed by atoms with Crippen LogP contribution in [0.1, 0.15) is 11.4 Å². The molecule has 5 heterocycles. The van der Waals surface area contributed by atoms with Crippen LogP contribution in [0.5, 0.6) is 17.2 Å². The summed E-state index contributed by atoms with van der Waals surface area (Å²) < 4.78 is 59.3. The first-order valence-electron chi connectivity index (χ1n) is 17.5. The molecule has 0 aliphatic heterocycles. The number of hydrogen-bond acceptors (Lipinski definition) is 8. The summed E-state index contributed by atoms with van der Waals surface area (Å²) in [5.74, 6) is 0.684. The molecular formula is C43H27AlF3N6O3Pt-. The van der Waals surface area contributed by atoms with E-state index in [2.05, 4.69) is 31.1 Å². The fraction of sp³-hybridized carbons (Fsp3) is 0.0465. The average Bonchev–Trinajstić information content (AvgIpc) is 3.69. The van der Waals surface area contributed by atoms with Crippen LogP contribution in [-0.4, -0.2) is 44.7 Å².